The second-order valence-electron chi connectivity index (χ2n) is 9.86. The number of hydrogen-bond donors (Lipinski definition) is 2. The summed E-state index contributed by atoms with van der Waals surface area (Å²) in [5.74, 6) is -2.71. The summed E-state index contributed by atoms with van der Waals surface area (Å²) in [6.07, 6.45) is 15.0. The van der Waals surface area contributed by atoms with Crippen LogP contribution in [0.4, 0.5) is 0 Å². The van der Waals surface area contributed by atoms with Gasteiger partial charge in [0.05, 0.1) is 0 Å². The van der Waals surface area contributed by atoms with Gasteiger partial charge in [0.2, 0.25) is 0 Å². The highest BCUT2D eigenvalue weighted by Crippen LogP contribution is 2.29. The van der Waals surface area contributed by atoms with Crippen molar-refractivity contribution in [3.63, 3.8) is 0 Å². The third kappa shape index (κ3) is 18.8. The molecule has 0 atom stereocenters. The van der Waals surface area contributed by atoms with Gasteiger partial charge >= 0.3 is 23.9 Å². The molecule has 0 fully saturated rings. The lowest BCUT2D eigenvalue weighted by atomic mass is 9.90. The number of rotatable bonds is 21. The first kappa shape index (κ1) is 37.8. The number of carbonyl (C=O) groups is 4. The maximum absolute atomic E-state index is 11.9. The molecule has 0 aromatic heterocycles. The smallest absolute Gasteiger partial charge is 0.331 e. The van der Waals surface area contributed by atoms with Crippen molar-refractivity contribution in [1.82, 2.24) is 0 Å². The largest absolute Gasteiger partial charge is 0.481 e. The van der Waals surface area contributed by atoms with Crippen LogP contribution in [0.5, 0.6) is 0 Å². The highest BCUT2D eigenvalue weighted by molar-refractivity contribution is 5.90. The Balaban J connectivity index is 0. The first-order chi connectivity index (χ1) is 18.0. The number of ether oxygens (including phenoxy) is 2. The molecule has 0 radical (unpaired) electrons. The van der Waals surface area contributed by atoms with Gasteiger partial charge in [0.15, 0.2) is 0 Å². The summed E-state index contributed by atoms with van der Waals surface area (Å²) in [6, 6.07) is 0. The number of carboxylic acid groups (broad SMARTS) is 2. The van der Waals surface area contributed by atoms with E-state index >= 15 is 0 Å². The minimum atomic E-state index is -1.14. The molecule has 0 saturated carbocycles. The highest BCUT2D eigenvalue weighted by Gasteiger charge is 2.30. The summed E-state index contributed by atoms with van der Waals surface area (Å²) < 4.78 is 11.1. The molecule has 0 aromatic carbocycles. The molecule has 0 aliphatic carbocycles. The SMILES string of the molecule is CCCCCC(CC)(CC)OC(=O)C=CC(=O)O.CCCCCC(CC)(CC)OC(=O)CCCCC(=O)O. The van der Waals surface area contributed by atoms with Crippen LogP contribution in [-0.4, -0.2) is 45.3 Å². The van der Waals surface area contributed by atoms with Crippen LogP contribution in [0.15, 0.2) is 12.2 Å². The summed E-state index contributed by atoms with van der Waals surface area (Å²) in [5, 5.41) is 17.0. The standard InChI is InChI=1S/C16H30O4.C14H24O4/c1-4-7-10-13-16(5-2,6-3)20-15(19)12-9-8-11-14(17)18;1-4-7-8-11-14(5-2,6-3)18-13(17)10-9-12(15)16/h4-13H2,1-3H3,(H,17,18);9-10H,4-8,11H2,1-3H3,(H,15,16). The summed E-state index contributed by atoms with van der Waals surface area (Å²) in [4.78, 5) is 44.1. The van der Waals surface area contributed by atoms with Crippen molar-refractivity contribution in [3.8, 4) is 0 Å². The Bertz CT molecular complexity index is 690. The molecule has 8 nitrogen and oxygen atoms in total. The second kappa shape index (κ2) is 22.6. The average Bonchev–Trinajstić information content (AvgIpc) is 2.89. The van der Waals surface area contributed by atoms with E-state index in [0.717, 1.165) is 89.2 Å². The van der Waals surface area contributed by atoms with Crippen molar-refractivity contribution in [3.05, 3.63) is 12.2 Å². The topological polar surface area (TPSA) is 127 Å². The van der Waals surface area contributed by atoms with Crippen LogP contribution in [-0.2, 0) is 28.7 Å². The number of hydrogen-bond acceptors (Lipinski definition) is 6. The molecule has 2 N–H and O–H groups in total. The lowest BCUT2D eigenvalue weighted by molar-refractivity contribution is -0.162. The summed E-state index contributed by atoms with van der Waals surface area (Å²) in [5.41, 5.74) is -0.770. The third-order valence-corrected chi connectivity index (χ3v) is 7.08. The fourth-order valence-corrected chi connectivity index (χ4v) is 4.22. The minimum Gasteiger partial charge on any atom is -0.481 e. The van der Waals surface area contributed by atoms with E-state index in [2.05, 4.69) is 27.7 Å². The normalized spacial score (nSPS) is 11.5. The second-order valence-corrected chi connectivity index (χ2v) is 9.86. The fourth-order valence-electron chi connectivity index (χ4n) is 4.22. The molecule has 0 heterocycles. The maximum Gasteiger partial charge on any atom is 0.331 e. The molecular weight excluding hydrogens is 488 g/mol. The molecule has 0 rings (SSSR count). The predicted molar refractivity (Wildman–Crippen MR) is 150 cm³/mol. The average molecular weight is 543 g/mol. The van der Waals surface area contributed by atoms with Gasteiger partial charge in [0.25, 0.3) is 0 Å². The molecule has 0 aliphatic heterocycles. The van der Waals surface area contributed by atoms with E-state index in [-0.39, 0.29) is 18.0 Å². The van der Waals surface area contributed by atoms with E-state index in [1.807, 2.05) is 13.8 Å². The van der Waals surface area contributed by atoms with Crippen LogP contribution in [0, 0.1) is 0 Å². The lowest BCUT2D eigenvalue weighted by Crippen LogP contribution is -2.33. The number of carboxylic acids is 2. The zero-order valence-corrected chi connectivity index (χ0v) is 24.8. The van der Waals surface area contributed by atoms with Crippen molar-refractivity contribution in [2.75, 3.05) is 0 Å². The van der Waals surface area contributed by atoms with Crippen LogP contribution in [0.3, 0.4) is 0 Å². The molecule has 0 spiro atoms. The van der Waals surface area contributed by atoms with Crippen molar-refractivity contribution >= 4 is 23.9 Å². The Morgan fingerprint density at radius 2 is 1.05 bits per heavy atom. The summed E-state index contributed by atoms with van der Waals surface area (Å²) in [7, 11) is 0. The molecule has 0 aromatic rings. The Hall–Kier alpha value is -2.38. The zero-order valence-electron chi connectivity index (χ0n) is 24.8. The van der Waals surface area contributed by atoms with Crippen molar-refractivity contribution < 1.29 is 38.9 Å². The Kier molecular flexibility index (Phi) is 22.5. The maximum atomic E-state index is 11.9. The minimum absolute atomic E-state index is 0.122. The molecule has 0 amide bonds. The first-order valence-electron chi connectivity index (χ1n) is 14.6. The molecule has 0 unspecified atom stereocenters. The van der Waals surface area contributed by atoms with Crippen LogP contribution < -0.4 is 0 Å². The van der Waals surface area contributed by atoms with E-state index < -0.39 is 23.5 Å². The van der Waals surface area contributed by atoms with Gasteiger partial charge in [-0.15, -0.1) is 0 Å². The molecule has 222 valence electrons. The van der Waals surface area contributed by atoms with E-state index in [1.54, 1.807) is 0 Å². The number of unbranched alkanes of at least 4 members (excludes halogenated alkanes) is 5. The van der Waals surface area contributed by atoms with Crippen molar-refractivity contribution in [1.29, 1.82) is 0 Å². The van der Waals surface area contributed by atoms with Crippen molar-refractivity contribution in [2.24, 2.45) is 0 Å². The molecule has 38 heavy (non-hydrogen) atoms. The third-order valence-electron chi connectivity index (χ3n) is 7.08. The highest BCUT2D eigenvalue weighted by atomic mass is 16.6. The van der Waals surface area contributed by atoms with Crippen LogP contribution in [0.2, 0.25) is 0 Å². The molecular formula is C30H54O8. The molecule has 0 bridgehead atoms. The van der Waals surface area contributed by atoms with Gasteiger partial charge in [-0.25, -0.2) is 9.59 Å². The van der Waals surface area contributed by atoms with Gasteiger partial charge in [0, 0.05) is 25.0 Å². The van der Waals surface area contributed by atoms with Crippen molar-refractivity contribution in [2.45, 2.75) is 155 Å². The van der Waals surface area contributed by atoms with Gasteiger partial charge in [-0.2, -0.15) is 0 Å². The van der Waals surface area contributed by atoms with E-state index in [4.69, 9.17) is 19.7 Å². The lowest BCUT2D eigenvalue weighted by Gasteiger charge is -2.31. The van der Waals surface area contributed by atoms with Gasteiger partial charge in [-0.05, 0) is 64.2 Å². The predicted octanol–water partition coefficient (Wildman–Crippen LogP) is 7.62. The van der Waals surface area contributed by atoms with Crippen LogP contribution >= 0.6 is 0 Å². The summed E-state index contributed by atoms with van der Waals surface area (Å²) >= 11 is 0. The van der Waals surface area contributed by atoms with Crippen LogP contribution in [0.25, 0.3) is 0 Å². The van der Waals surface area contributed by atoms with Gasteiger partial charge in [-0.3, -0.25) is 9.59 Å². The quantitative estimate of drug-likeness (QED) is 0.0861. The number of esters is 2. The van der Waals surface area contributed by atoms with Crippen LogP contribution in [0.1, 0.15) is 144 Å². The first-order valence-corrected chi connectivity index (χ1v) is 14.6. The molecule has 0 aliphatic rings. The molecule has 8 heteroatoms. The zero-order chi connectivity index (χ0) is 29.5. The number of carbonyl (C=O) groups excluding carboxylic acids is 2. The summed E-state index contributed by atoms with van der Waals surface area (Å²) in [6.45, 7) is 12.4. The molecule has 0 saturated heterocycles. The fraction of sp³-hybridized carbons (Fsp3) is 0.800. The Labute approximate surface area is 230 Å². The van der Waals surface area contributed by atoms with Gasteiger partial charge < -0.3 is 19.7 Å². The van der Waals surface area contributed by atoms with Gasteiger partial charge in [-0.1, -0.05) is 67.2 Å². The monoisotopic (exact) mass is 542 g/mol. The Morgan fingerprint density at radius 3 is 1.45 bits per heavy atom. The van der Waals surface area contributed by atoms with E-state index in [9.17, 15) is 19.2 Å². The Morgan fingerprint density at radius 1 is 0.605 bits per heavy atom. The van der Waals surface area contributed by atoms with E-state index in [0.29, 0.717) is 19.3 Å². The van der Waals surface area contributed by atoms with Gasteiger partial charge in [0.1, 0.15) is 11.2 Å². The number of aliphatic carboxylic acids is 2. The van der Waals surface area contributed by atoms with E-state index in [1.165, 1.54) is 0 Å².